The molecule has 6 heteroatoms. The maximum absolute atomic E-state index is 12.4. The number of hydrogen-bond acceptors (Lipinski definition) is 3. The first-order valence-corrected chi connectivity index (χ1v) is 4.14. The lowest BCUT2D eigenvalue weighted by molar-refractivity contribution is 0.204. The molecule has 0 radical (unpaired) electrons. The Kier molecular flexibility index (Phi) is 9.77. The third kappa shape index (κ3) is 6.49. The van der Waals surface area contributed by atoms with Crippen molar-refractivity contribution in [1.29, 1.82) is 0 Å². The van der Waals surface area contributed by atoms with Gasteiger partial charge in [0, 0.05) is 18.8 Å². The van der Waals surface area contributed by atoms with E-state index in [1.54, 1.807) is 18.3 Å². The second-order valence-electron chi connectivity index (χ2n) is 2.80. The number of halogens is 3. The van der Waals surface area contributed by atoms with E-state index in [0.717, 1.165) is 5.56 Å². The van der Waals surface area contributed by atoms with Crippen molar-refractivity contribution in [3.8, 4) is 5.88 Å². The van der Waals surface area contributed by atoms with Gasteiger partial charge in [-0.25, -0.2) is 9.37 Å². The van der Waals surface area contributed by atoms with Crippen LogP contribution in [0.5, 0.6) is 5.88 Å². The monoisotopic (exact) mass is 256 g/mol. The molecule has 0 fully saturated rings. The number of nitrogens with two attached hydrogens (primary N) is 1. The Hall–Kier alpha value is -0.580. The van der Waals surface area contributed by atoms with Crippen molar-refractivity contribution in [3.63, 3.8) is 0 Å². The van der Waals surface area contributed by atoms with Crippen molar-refractivity contribution in [2.75, 3.05) is 6.61 Å². The van der Waals surface area contributed by atoms with Crippen LogP contribution in [0.3, 0.4) is 0 Å². The average molecular weight is 257 g/mol. The van der Waals surface area contributed by atoms with Crippen LogP contribution < -0.4 is 10.5 Å². The van der Waals surface area contributed by atoms with Crippen molar-refractivity contribution in [1.82, 2.24) is 4.98 Å². The lowest BCUT2D eigenvalue weighted by atomic mass is 10.3. The molecular weight excluding hydrogens is 242 g/mol. The molecule has 0 unspecified atom stereocenters. The standard InChI is InChI=1S/C9H13FN2O.2ClH/c1-7(10)6-13-9-4-8(5-11)2-3-12-9;;/h2-4,7H,5-6,11H2,1H3;2*1H/t7-;;/m1../s1. The van der Waals surface area contributed by atoms with E-state index in [0.29, 0.717) is 12.4 Å². The highest BCUT2D eigenvalue weighted by Gasteiger charge is 2.01. The highest BCUT2D eigenvalue weighted by atomic mass is 35.5. The fraction of sp³-hybridized carbons (Fsp3) is 0.444. The summed E-state index contributed by atoms with van der Waals surface area (Å²) in [5.74, 6) is 0.424. The van der Waals surface area contributed by atoms with Crippen LogP contribution in [0.1, 0.15) is 12.5 Å². The summed E-state index contributed by atoms with van der Waals surface area (Å²) >= 11 is 0. The molecule has 15 heavy (non-hydrogen) atoms. The number of rotatable bonds is 4. The van der Waals surface area contributed by atoms with Gasteiger partial charge in [0.15, 0.2) is 0 Å². The molecule has 0 aliphatic heterocycles. The number of ether oxygens (including phenoxy) is 1. The predicted octanol–water partition coefficient (Wildman–Crippen LogP) is 2.12. The molecule has 1 atom stereocenters. The molecule has 1 aromatic rings. The van der Waals surface area contributed by atoms with Gasteiger partial charge in [-0.1, -0.05) is 0 Å². The highest BCUT2D eigenvalue weighted by Crippen LogP contribution is 2.09. The summed E-state index contributed by atoms with van der Waals surface area (Å²) in [5, 5.41) is 0. The lowest BCUT2D eigenvalue weighted by Crippen LogP contribution is -2.09. The zero-order chi connectivity index (χ0) is 9.68. The normalized spacial score (nSPS) is 10.9. The first kappa shape index (κ1) is 16.8. The summed E-state index contributed by atoms with van der Waals surface area (Å²) in [6.07, 6.45) is 0.615. The van der Waals surface area contributed by atoms with Gasteiger partial charge in [0.2, 0.25) is 5.88 Å². The van der Waals surface area contributed by atoms with Crippen LogP contribution in [-0.2, 0) is 6.54 Å². The molecular formula is C9H15Cl2FN2O. The molecule has 3 nitrogen and oxygen atoms in total. The largest absolute Gasteiger partial charge is 0.475 e. The van der Waals surface area contributed by atoms with Gasteiger partial charge in [-0.05, 0) is 18.6 Å². The molecule has 0 spiro atoms. The van der Waals surface area contributed by atoms with Gasteiger partial charge in [0.05, 0.1) is 0 Å². The highest BCUT2D eigenvalue weighted by molar-refractivity contribution is 5.85. The Morgan fingerprint density at radius 3 is 2.73 bits per heavy atom. The van der Waals surface area contributed by atoms with E-state index in [2.05, 4.69) is 4.98 Å². The van der Waals surface area contributed by atoms with Gasteiger partial charge in [-0.3, -0.25) is 0 Å². The molecule has 1 heterocycles. The van der Waals surface area contributed by atoms with Gasteiger partial charge >= 0.3 is 0 Å². The number of aromatic nitrogens is 1. The number of pyridine rings is 1. The molecule has 2 N–H and O–H groups in total. The SMILES string of the molecule is C[C@@H](F)COc1cc(CN)ccn1.Cl.Cl. The molecule has 88 valence electrons. The Bertz CT molecular complexity index is 274. The van der Waals surface area contributed by atoms with Crippen molar-refractivity contribution < 1.29 is 9.13 Å². The average Bonchev–Trinajstić information content (AvgIpc) is 2.15. The summed E-state index contributed by atoms with van der Waals surface area (Å²) in [5.41, 5.74) is 6.34. The van der Waals surface area contributed by atoms with Crippen molar-refractivity contribution in [3.05, 3.63) is 23.9 Å². The summed E-state index contributed by atoms with van der Waals surface area (Å²) in [7, 11) is 0. The minimum atomic E-state index is -0.983. The van der Waals surface area contributed by atoms with Crippen molar-refractivity contribution in [2.45, 2.75) is 19.6 Å². The number of alkyl halides is 1. The van der Waals surface area contributed by atoms with E-state index < -0.39 is 6.17 Å². The Morgan fingerprint density at radius 1 is 1.53 bits per heavy atom. The predicted molar refractivity (Wildman–Crippen MR) is 62.7 cm³/mol. The second-order valence-corrected chi connectivity index (χ2v) is 2.80. The number of nitrogens with zero attached hydrogens (tertiary/aromatic N) is 1. The molecule has 0 amide bonds. The summed E-state index contributed by atoms with van der Waals surface area (Å²) in [6.45, 7) is 1.90. The van der Waals surface area contributed by atoms with Crippen LogP contribution in [0.25, 0.3) is 0 Å². The molecule has 0 aliphatic rings. The third-order valence-corrected chi connectivity index (χ3v) is 1.50. The van der Waals surface area contributed by atoms with Crippen LogP contribution in [0.15, 0.2) is 18.3 Å². The first-order valence-electron chi connectivity index (χ1n) is 4.14. The van der Waals surface area contributed by atoms with E-state index >= 15 is 0 Å². The van der Waals surface area contributed by atoms with Gasteiger partial charge in [-0.2, -0.15) is 0 Å². The van der Waals surface area contributed by atoms with Gasteiger partial charge < -0.3 is 10.5 Å². The molecule has 1 aromatic heterocycles. The van der Waals surface area contributed by atoms with Crippen LogP contribution >= 0.6 is 24.8 Å². The minimum Gasteiger partial charge on any atom is -0.475 e. The van der Waals surface area contributed by atoms with E-state index in [1.165, 1.54) is 6.92 Å². The minimum absolute atomic E-state index is 0. The lowest BCUT2D eigenvalue weighted by Gasteiger charge is -2.06. The molecule has 0 bridgehead atoms. The molecule has 1 rings (SSSR count). The van der Waals surface area contributed by atoms with Gasteiger partial charge in [0.25, 0.3) is 0 Å². The fourth-order valence-corrected chi connectivity index (χ4v) is 0.857. The topological polar surface area (TPSA) is 48.1 Å². The van der Waals surface area contributed by atoms with E-state index in [-0.39, 0.29) is 31.4 Å². The molecule has 0 saturated carbocycles. The summed E-state index contributed by atoms with van der Waals surface area (Å²) in [6, 6.07) is 3.51. The van der Waals surface area contributed by atoms with E-state index in [1.807, 2.05) is 0 Å². The quantitative estimate of drug-likeness (QED) is 0.898. The van der Waals surface area contributed by atoms with Gasteiger partial charge in [0.1, 0.15) is 12.8 Å². The van der Waals surface area contributed by atoms with Crippen LogP contribution in [0.2, 0.25) is 0 Å². The Balaban J connectivity index is 0. The summed E-state index contributed by atoms with van der Waals surface area (Å²) in [4.78, 5) is 3.91. The van der Waals surface area contributed by atoms with Gasteiger partial charge in [-0.15, -0.1) is 24.8 Å². The molecule has 0 aromatic carbocycles. The zero-order valence-corrected chi connectivity index (χ0v) is 9.98. The Morgan fingerprint density at radius 2 is 2.20 bits per heavy atom. The van der Waals surface area contributed by atoms with Crippen molar-refractivity contribution in [2.24, 2.45) is 5.73 Å². The fourth-order valence-electron chi connectivity index (χ4n) is 0.857. The molecule has 0 saturated heterocycles. The third-order valence-electron chi connectivity index (χ3n) is 1.50. The van der Waals surface area contributed by atoms with Crippen LogP contribution in [0.4, 0.5) is 4.39 Å². The van der Waals surface area contributed by atoms with Crippen LogP contribution in [0, 0.1) is 0 Å². The number of hydrogen-bond donors (Lipinski definition) is 1. The summed E-state index contributed by atoms with van der Waals surface area (Å²) < 4.78 is 17.5. The molecule has 0 aliphatic carbocycles. The maximum atomic E-state index is 12.4. The Labute approximate surface area is 101 Å². The van der Waals surface area contributed by atoms with Crippen molar-refractivity contribution >= 4 is 24.8 Å². The smallest absolute Gasteiger partial charge is 0.213 e. The maximum Gasteiger partial charge on any atom is 0.213 e. The van der Waals surface area contributed by atoms with E-state index in [4.69, 9.17) is 10.5 Å². The zero-order valence-electron chi connectivity index (χ0n) is 8.35. The first-order chi connectivity index (χ1) is 6.22. The second kappa shape index (κ2) is 8.71. The van der Waals surface area contributed by atoms with E-state index in [9.17, 15) is 4.39 Å². The van der Waals surface area contributed by atoms with Crippen LogP contribution in [-0.4, -0.2) is 17.8 Å².